The van der Waals surface area contributed by atoms with Crippen LogP contribution in [0.2, 0.25) is 0 Å². The summed E-state index contributed by atoms with van der Waals surface area (Å²) < 4.78 is 14.5. The fraction of sp³-hybridized carbons (Fsp3) is 0.385. The Hall–Kier alpha value is -1.79. The molecule has 2 aromatic heterocycles. The number of halogens is 1. The number of piperidine rings is 1. The Morgan fingerprint density at radius 2 is 2.32 bits per heavy atom. The molecule has 0 aliphatic carbocycles. The summed E-state index contributed by atoms with van der Waals surface area (Å²) in [4.78, 5) is 4.62. The van der Waals surface area contributed by atoms with Gasteiger partial charge in [-0.15, -0.1) is 0 Å². The first-order valence-corrected chi connectivity index (χ1v) is 6.42. The number of pyridine rings is 1. The molecule has 2 unspecified atom stereocenters. The number of hydrogen-bond acceptors (Lipinski definition) is 4. The minimum atomic E-state index is -0.355. The largest absolute Gasteiger partial charge is 0.313 e. The zero-order valence-corrected chi connectivity index (χ0v) is 10.3. The normalized spacial score (nSPS) is 29.0. The third-order valence-corrected chi connectivity index (χ3v) is 3.90. The van der Waals surface area contributed by atoms with Crippen LogP contribution in [0, 0.1) is 5.82 Å². The van der Waals surface area contributed by atoms with Crippen molar-refractivity contribution < 1.29 is 4.39 Å². The summed E-state index contributed by atoms with van der Waals surface area (Å²) in [6.07, 6.45) is 3.62. The Bertz CT molecular complexity index is 611. The smallest absolute Gasteiger partial charge is 0.161 e. The lowest BCUT2D eigenvalue weighted by molar-refractivity contribution is 0.0830. The molecule has 0 amide bonds. The van der Waals surface area contributed by atoms with Gasteiger partial charge in [0.2, 0.25) is 0 Å². The molecule has 5 rings (SSSR count). The van der Waals surface area contributed by atoms with Gasteiger partial charge in [-0.1, -0.05) is 6.07 Å². The molecule has 0 saturated carbocycles. The number of aromatic nitrogens is 3. The lowest BCUT2D eigenvalue weighted by atomic mass is 9.75. The molecular weight excluding hydrogens is 245 g/mol. The van der Waals surface area contributed by atoms with Crippen LogP contribution < -0.4 is 10.6 Å². The molecule has 3 fully saturated rings. The number of hydrogen-bond donors (Lipinski definition) is 2. The highest BCUT2D eigenvalue weighted by atomic mass is 19.1. The van der Waals surface area contributed by atoms with Crippen molar-refractivity contribution in [3.05, 3.63) is 42.1 Å². The van der Waals surface area contributed by atoms with E-state index in [-0.39, 0.29) is 11.4 Å². The van der Waals surface area contributed by atoms with Crippen LogP contribution in [0.1, 0.15) is 12.1 Å². The minimum absolute atomic E-state index is 0.0649. The molecule has 0 spiro atoms. The molecule has 5 heterocycles. The van der Waals surface area contributed by atoms with Gasteiger partial charge in [0.25, 0.3) is 0 Å². The summed E-state index contributed by atoms with van der Waals surface area (Å²) in [6, 6.07) is 6.33. The van der Waals surface area contributed by atoms with Crippen molar-refractivity contribution in [2.24, 2.45) is 0 Å². The van der Waals surface area contributed by atoms with E-state index in [1.54, 1.807) is 0 Å². The first-order chi connectivity index (χ1) is 9.25. The van der Waals surface area contributed by atoms with Gasteiger partial charge in [-0.2, -0.15) is 5.10 Å². The molecule has 98 valence electrons. The first kappa shape index (κ1) is 11.1. The molecule has 2 bridgehead atoms. The van der Waals surface area contributed by atoms with Crippen LogP contribution in [0.3, 0.4) is 0 Å². The van der Waals surface area contributed by atoms with Gasteiger partial charge in [-0.25, -0.2) is 14.1 Å². The number of fused-ring (bicyclic) bond motifs is 2. The molecule has 2 aromatic rings. The minimum Gasteiger partial charge on any atom is -0.313 e. The van der Waals surface area contributed by atoms with E-state index in [2.05, 4.69) is 20.7 Å². The second kappa shape index (κ2) is 3.85. The zero-order chi connectivity index (χ0) is 12.9. The second-order valence-electron chi connectivity index (χ2n) is 5.24. The maximum Gasteiger partial charge on any atom is 0.161 e. The Labute approximate surface area is 109 Å². The lowest BCUT2D eigenvalue weighted by Gasteiger charge is -2.53. The zero-order valence-electron chi connectivity index (χ0n) is 10.3. The highest BCUT2D eigenvalue weighted by Crippen LogP contribution is 2.36. The predicted octanol–water partition coefficient (Wildman–Crippen LogP) is 0.567. The quantitative estimate of drug-likeness (QED) is 0.828. The van der Waals surface area contributed by atoms with Gasteiger partial charge < -0.3 is 10.6 Å². The van der Waals surface area contributed by atoms with Crippen LogP contribution in [-0.2, 0) is 5.54 Å². The fourth-order valence-corrected chi connectivity index (χ4v) is 3.01. The SMILES string of the molecule is Fc1cnn(-c2cccc(C34CNCC(C3)N4)n2)c1. The number of piperazine rings is 1. The summed E-state index contributed by atoms with van der Waals surface area (Å²) in [7, 11) is 0. The third kappa shape index (κ3) is 1.67. The van der Waals surface area contributed by atoms with Crippen LogP contribution in [0.4, 0.5) is 4.39 Å². The van der Waals surface area contributed by atoms with Crippen molar-refractivity contribution in [3.8, 4) is 5.82 Å². The van der Waals surface area contributed by atoms with Gasteiger partial charge in [0.1, 0.15) is 0 Å². The van der Waals surface area contributed by atoms with Crippen molar-refractivity contribution >= 4 is 0 Å². The summed E-state index contributed by atoms with van der Waals surface area (Å²) in [5.74, 6) is 0.290. The van der Waals surface area contributed by atoms with E-state index in [0.29, 0.717) is 11.9 Å². The Morgan fingerprint density at radius 1 is 1.42 bits per heavy atom. The molecule has 19 heavy (non-hydrogen) atoms. The third-order valence-electron chi connectivity index (χ3n) is 3.90. The number of nitrogens with zero attached hydrogens (tertiary/aromatic N) is 3. The molecule has 3 aliphatic rings. The Morgan fingerprint density at radius 3 is 3.00 bits per heavy atom. The lowest BCUT2D eigenvalue weighted by Crippen LogP contribution is -2.72. The average Bonchev–Trinajstić information content (AvgIpc) is 2.85. The maximum atomic E-state index is 13.0. The highest BCUT2D eigenvalue weighted by Gasteiger charge is 2.48. The summed E-state index contributed by atoms with van der Waals surface area (Å²) in [5.41, 5.74) is 0.925. The van der Waals surface area contributed by atoms with Crippen molar-refractivity contribution in [1.82, 2.24) is 25.4 Å². The fourth-order valence-electron chi connectivity index (χ4n) is 3.01. The van der Waals surface area contributed by atoms with E-state index >= 15 is 0 Å². The van der Waals surface area contributed by atoms with E-state index in [1.165, 1.54) is 17.1 Å². The van der Waals surface area contributed by atoms with Crippen LogP contribution in [0.15, 0.2) is 30.6 Å². The van der Waals surface area contributed by atoms with Crippen LogP contribution in [-0.4, -0.2) is 33.9 Å². The Balaban J connectivity index is 1.71. The van der Waals surface area contributed by atoms with Gasteiger partial charge in [0.05, 0.1) is 23.6 Å². The van der Waals surface area contributed by atoms with E-state index in [1.807, 2.05) is 18.2 Å². The van der Waals surface area contributed by atoms with Crippen molar-refractivity contribution in [3.63, 3.8) is 0 Å². The number of nitrogens with one attached hydrogen (secondary N) is 2. The Kier molecular flexibility index (Phi) is 2.24. The summed E-state index contributed by atoms with van der Waals surface area (Å²) in [5, 5.41) is 10.9. The van der Waals surface area contributed by atoms with Crippen molar-refractivity contribution in [2.75, 3.05) is 13.1 Å². The monoisotopic (exact) mass is 259 g/mol. The van der Waals surface area contributed by atoms with E-state index in [4.69, 9.17) is 0 Å². The second-order valence-corrected chi connectivity index (χ2v) is 5.24. The van der Waals surface area contributed by atoms with Crippen molar-refractivity contribution in [2.45, 2.75) is 18.0 Å². The molecule has 5 nitrogen and oxygen atoms in total. The standard InChI is InChI=1S/C13H14FN5/c14-9-5-16-19(7-9)12-3-1-2-11(17-12)13-4-10(18-13)6-15-8-13/h1-3,5,7,10,15,18H,4,6,8H2. The molecule has 0 radical (unpaired) electrons. The van der Waals surface area contributed by atoms with Crippen LogP contribution in [0.25, 0.3) is 5.82 Å². The van der Waals surface area contributed by atoms with E-state index in [0.717, 1.165) is 25.2 Å². The van der Waals surface area contributed by atoms with Gasteiger partial charge in [0, 0.05) is 19.1 Å². The number of rotatable bonds is 2. The van der Waals surface area contributed by atoms with E-state index in [9.17, 15) is 4.39 Å². The molecule has 3 aliphatic heterocycles. The summed E-state index contributed by atoms with van der Waals surface area (Å²) in [6.45, 7) is 1.90. The highest BCUT2D eigenvalue weighted by molar-refractivity contribution is 5.31. The maximum absolute atomic E-state index is 13.0. The molecule has 2 atom stereocenters. The molecule has 3 saturated heterocycles. The summed E-state index contributed by atoms with van der Waals surface area (Å²) >= 11 is 0. The van der Waals surface area contributed by atoms with Crippen LogP contribution in [0.5, 0.6) is 0 Å². The molecule has 6 heteroatoms. The van der Waals surface area contributed by atoms with Crippen LogP contribution >= 0.6 is 0 Å². The average molecular weight is 259 g/mol. The van der Waals surface area contributed by atoms with E-state index < -0.39 is 0 Å². The van der Waals surface area contributed by atoms with Gasteiger partial charge in [0.15, 0.2) is 11.6 Å². The molecular formula is C13H14FN5. The topological polar surface area (TPSA) is 54.8 Å². The molecule has 0 aromatic carbocycles. The van der Waals surface area contributed by atoms with Gasteiger partial charge >= 0.3 is 0 Å². The molecule has 2 N–H and O–H groups in total. The van der Waals surface area contributed by atoms with Gasteiger partial charge in [-0.3, -0.25) is 0 Å². The van der Waals surface area contributed by atoms with Crippen molar-refractivity contribution in [1.29, 1.82) is 0 Å². The van der Waals surface area contributed by atoms with Gasteiger partial charge in [-0.05, 0) is 18.6 Å². The first-order valence-electron chi connectivity index (χ1n) is 6.42. The predicted molar refractivity (Wildman–Crippen MR) is 67.4 cm³/mol.